The lowest BCUT2D eigenvalue weighted by Gasteiger charge is -2.41. The van der Waals surface area contributed by atoms with Crippen LogP contribution in [0, 0.1) is 0 Å². The van der Waals surface area contributed by atoms with Crippen molar-refractivity contribution in [1.29, 1.82) is 0 Å². The maximum absolute atomic E-state index is 13.2. The number of aromatic nitrogens is 6. The lowest BCUT2D eigenvalue weighted by atomic mass is 9.73. The molecule has 0 N–H and O–H groups in total. The first-order chi connectivity index (χ1) is 24.3. The number of para-hydroxylation sites is 2. The number of hydrogen-bond donors (Lipinski definition) is 0. The molecule has 50 heavy (non-hydrogen) atoms. The average molecular weight is 665 g/mol. The zero-order valence-electron chi connectivity index (χ0n) is 27.2. The molecule has 10 atom stereocenters. The minimum Gasteiger partial charge on any atom is -0.280 e. The van der Waals surface area contributed by atoms with E-state index < -0.39 is 0 Å². The number of benzene rings is 2. The van der Waals surface area contributed by atoms with Gasteiger partial charge in [-0.3, -0.25) is 9.80 Å². The molecule has 0 amide bonds. The lowest BCUT2D eigenvalue weighted by molar-refractivity contribution is 0.236. The summed E-state index contributed by atoms with van der Waals surface area (Å²) >= 11 is 0. The Kier molecular flexibility index (Phi) is 4.90. The van der Waals surface area contributed by atoms with Gasteiger partial charge in [-0.15, -0.1) is 0 Å². The largest absolute Gasteiger partial charge is 0.352 e. The molecule has 2 aromatic carbocycles. The molecular formula is C38H32N8O4. The van der Waals surface area contributed by atoms with Gasteiger partial charge < -0.3 is 0 Å². The van der Waals surface area contributed by atoms with E-state index in [1.165, 1.54) is 9.13 Å². The van der Waals surface area contributed by atoms with E-state index in [0.29, 0.717) is 11.4 Å². The van der Waals surface area contributed by atoms with Crippen molar-refractivity contribution in [3.63, 3.8) is 0 Å². The SMILES string of the molecule is CN1[C@@]23C=CC=C[C@@]12[C@H]1C=C[C@@H]3n2c(=O)n(-c3ccccc3)c(=O)n21.CN1[C@@]23C=CC=C[C@@]12[C@H]1C=C[C@@H]3n2c(=O)n(-c3ccccc3)c(=O)n21. The monoisotopic (exact) mass is 664 g/mol. The van der Waals surface area contributed by atoms with Crippen LogP contribution < -0.4 is 22.8 Å². The molecule has 0 saturated carbocycles. The van der Waals surface area contributed by atoms with Gasteiger partial charge >= 0.3 is 22.8 Å². The van der Waals surface area contributed by atoms with Crippen LogP contribution in [0.3, 0.4) is 0 Å². The molecule has 14 rings (SSSR count). The fraction of sp³-hybridized carbons (Fsp3) is 0.263. The van der Waals surface area contributed by atoms with Crippen LogP contribution in [0.15, 0.2) is 153 Å². The third-order valence-electron chi connectivity index (χ3n) is 12.9. The van der Waals surface area contributed by atoms with Crippen molar-refractivity contribution in [1.82, 2.24) is 37.7 Å². The summed E-state index contributed by atoms with van der Waals surface area (Å²) in [4.78, 5) is 57.3. The summed E-state index contributed by atoms with van der Waals surface area (Å²) in [5, 5.41) is 0. The summed E-state index contributed by atoms with van der Waals surface area (Å²) in [6.07, 6.45) is 25.2. The zero-order valence-corrected chi connectivity index (χ0v) is 27.2. The highest BCUT2D eigenvalue weighted by molar-refractivity contribution is 5.57. The van der Waals surface area contributed by atoms with E-state index in [-0.39, 0.29) is 69.1 Å². The fourth-order valence-corrected chi connectivity index (χ4v) is 10.7. The van der Waals surface area contributed by atoms with Crippen LogP contribution in [0.1, 0.15) is 24.2 Å². The van der Waals surface area contributed by atoms with E-state index in [2.05, 4.69) is 72.5 Å². The Morgan fingerprint density at radius 2 is 0.680 bits per heavy atom. The molecule has 2 fully saturated rings. The molecule has 4 aliphatic carbocycles. The van der Waals surface area contributed by atoms with Gasteiger partial charge in [0, 0.05) is 0 Å². The Morgan fingerprint density at radius 3 is 0.940 bits per heavy atom. The van der Waals surface area contributed by atoms with Crippen LogP contribution >= 0.6 is 0 Å². The van der Waals surface area contributed by atoms with Crippen molar-refractivity contribution < 1.29 is 0 Å². The van der Waals surface area contributed by atoms with Crippen LogP contribution in [0.2, 0.25) is 0 Å². The van der Waals surface area contributed by atoms with E-state index in [1.54, 1.807) is 43.0 Å². The van der Waals surface area contributed by atoms with Crippen LogP contribution in [-0.4, -0.2) is 73.9 Å². The molecule has 8 heterocycles. The standard InChI is InChI=1S/2C19H16N4O2/c2*1-20-18-11-5-6-12-19(18,20)15-10-9-14(18)22-16(24)21(17(25)23(15)22)13-7-3-2-4-8-13/h2*2-12,14-15H,1H3/t2*14-,15+,18+,19-,20?. The van der Waals surface area contributed by atoms with Crippen LogP contribution in [0.4, 0.5) is 0 Å². The topological polar surface area (TPSA) is 104 Å². The molecule has 0 spiro atoms. The average Bonchev–Trinajstić information content (AvgIpc) is 3.87. The fourth-order valence-electron chi connectivity index (χ4n) is 10.7. The van der Waals surface area contributed by atoms with Crippen molar-refractivity contribution in [2.75, 3.05) is 14.1 Å². The van der Waals surface area contributed by atoms with Gasteiger partial charge in [-0.25, -0.2) is 47.0 Å². The predicted octanol–water partition coefficient (Wildman–Crippen LogP) is 2.03. The third kappa shape index (κ3) is 2.67. The van der Waals surface area contributed by atoms with Crippen molar-refractivity contribution in [2.45, 2.75) is 46.3 Å². The van der Waals surface area contributed by atoms with Crippen LogP contribution in [0.5, 0.6) is 0 Å². The van der Waals surface area contributed by atoms with Crippen molar-refractivity contribution >= 4 is 0 Å². The van der Waals surface area contributed by atoms with Crippen molar-refractivity contribution in [3.8, 4) is 11.4 Å². The normalized spacial score (nSPS) is 38.4. The van der Waals surface area contributed by atoms with Crippen LogP contribution in [-0.2, 0) is 0 Å². The smallest absolute Gasteiger partial charge is 0.280 e. The maximum Gasteiger partial charge on any atom is 0.352 e. The van der Waals surface area contributed by atoms with Crippen molar-refractivity contribution in [3.05, 3.63) is 176 Å². The Balaban J connectivity index is 0.000000120. The van der Waals surface area contributed by atoms with E-state index in [0.717, 1.165) is 0 Å². The number of likely N-dealkylation sites (N-methyl/N-ethyl adjacent to an activating group) is 2. The van der Waals surface area contributed by atoms with Gasteiger partial charge in [0.2, 0.25) is 0 Å². The van der Waals surface area contributed by atoms with Gasteiger partial charge in [0.25, 0.3) is 0 Å². The second-order valence-corrected chi connectivity index (χ2v) is 14.3. The summed E-state index contributed by atoms with van der Waals surface area (Å²) in [5.41, 5.74) is -0.886. The summed E-state index contributed by atoms with van der Waals surface area (Å²) in [5.74, 6) is 0. The lowest BCUT2D eigenvalue weighted by Crippen LogP contribution is -2.53. The Hall–Kier alpha value is -5.72. The zero-order chi connectivity index (χ0) is 33.9. The van der Waals surface area contributed by atoms with Crippen LogP contribution in [0.25, 0.3) is 11.4 Å². The van der Waals surface area contributed by atoms with Gasteiger partial charge in [-0.1, -0.05) is 109 Å². The number of rotatable bonds is 2. The Labute approximate surface area is 284 Å². The van der Waals surface area contributed by atoms with E-state index >= 15 is 0 Å². The highest BCUT2D eigenvalue weighted by Gasteiger charge is 2.82. The third-order valence-corrected chi connectivity index (χ3v) is 12.9. The van der Waals surface area contributed by atoms with Gasteiger partial charge in [-0.05, 0) is 38.4 Å². The first-order valence-electron chi connectivity index (χ1n) is 16.9. The molecule has 0 radical (unpaired) electrons. The Bertz CT molecular complexity index is 2310. The molecule has 12 heteroatoms. The molecule has 6 aliphatic heterocycles. The van der Waals surface area contributed by atoms with E-state index in [1.807, 2.05) is 60.7 Å². The van der Waals surface area contributed by atoms with E-state index in [4.69, 9.17) is 0 Å². The number of nitrogens with zero attached hydrogens (tertiary/aromatic N) is 8. The molecule has 12 nitrogen and oxygen atoms in total. The summed E-state index contributed by atoms with van der Waals surface area (Å²) in [6, 6.07) is 17.5. The second kappa shape index (κ2) is 8.70. The summed E-state index contributed by atoms with van der Waals surface area (Å²) < 4.78 is 9.14. The highest BCUT2D eigenvalue weighted by Crippen LogP contribution is 2.70. The highest BCUT2D eigenvalue weighted by atomic mass is 16.2. The first kappa shape index (κ1) is 28.2. The molecule has 248 valence electrons. The molecule has 2 unspecified atom stereocenters. The maximum atomic E-state index is 13.2. The van der Waals surface area contributed by atoms with Gasteiger partial charge in [0.1, 0.15) is 0 Å². The first-order valence-corrected chi connectivity index (χ1v) is 16.9. The molecule has 10 aliphatic rings. The minimum absolute atomic E-state index is 0.186. The summed E-state index contributed by atoms with van der Waals surface area (Å²) in [6.45, 7) is 0. The summed E-state index contributed by atoms with van der Waals surface area (Å²) in [7, 11) is 4.14. The number of allylic oxidation sites excluding steroid dienone is 4. The van der Waals surface area contributed by atoms with Gasteiger partial charge in [-0.2, -0.15) is 0 Å². The molecule has 2 saturated heterocycles. The van der Waals surface area contributed by atoms with Gasteiger partial charge in [0.05, 0.1) is 57.7 Å². The van der Waals surface area contributed by atoms with Gasteiger partial charge in [0.15, 0.2) is 0 Å². The van der Waals surface area contributed by atoms with Crippen molar-refractivity contribution in [2.24, 2.45) is 0 Å². The molecule has 4 bridgehead atoms. The molecule has 2 aromatic heterocycles. The van der Waals surface area contributed by atoms with E-state index in [9.17, 15) is 19.2 Å². The predicted molar refractivity (Wildman–Crippen MR) is 186 cm³/mol. The quantitative estimate of drug-likeness (QED) is 0.240. The number of hydrogen-bond acceptors (Lipinski definition) is 6. The molecular weight excluding hydrogens is 632 g/mol. The molecule has 4 aromatic rings. The second-order valence-electron chi connectivity index (χ2n) is 14.3. The Morgan fingerprint density at radius 1 is 0.420 bits per heavy atom. The minimum atomic E-state index is -0.276.